The van der Waals surface area contributed by atoms with Crippen LogP contribution < -0.4 is 10.9 Å². The number of aryl methyl sites for hydroxylation is 1. The van der Waals surface area contributed by atoms with Gasteiger partial charge in [0.05, 0.1) is 17.2 Å². The summed E-state index contributed by atoms with van der Waals surface area (Å²) < 4.78 is 7.09. The Morgan fingerprint density at radius 1 is 1.21 bits per heavy atom. The predicted octanol–water partition coefficient (Wildman–Crippen LogP) is 3.78. The highest BCUT2D eigenvalue weighted by Crippen LogP contribution is 2.27. The SMILES string of the molecule is Cc1cccc2c(=O)n(CC(=O)Nc3ccc4oc(C(C)(C)C)nc4c3)cnc12. The smallest absolute Gasteiger partial charge is 0.261 e. The molecule has 2 heterocycles. The molecule has 0 spiro atoms. The van der Waals surface area contributed by atoms with Crippen molar-refractivity contribution < 1.29 is 9.21 Å². The van der Waals surface area contributed by atoms with E-state index in [-0.39, 0.29) is 23.4 Å². The molecule has 0 saturated carbocycles. The molecule has 1 amide bonds. The van der Waals surface area contributed by atoms with E-state index in [0.29, 0.717) is 33.6 Å². The molecule has 0 aliphatic carbocycles. The summed E-state index contributed by atoms with van der Waals surface area (Å²) in [4.78, 5) is 34.0. The molecule has 2 aromatic heterocycles. The molecule has 0 fully saturated rings. The van der Waals surface area contributed by atoms with Gasteiger partial charge in [-0.15, -0.1) is 0 Å². The molecular formula is C22H22N4O3. The number of hydrogen-bond donors (Lipinski definition) is 1. The van der Waals surface area contributed by atoms with E-state index in [0.717, 1.165) is 5.56 Å². The van der Waals surface area contributed by atoms with E-state index in [4.69, 9.17) is 4.42 Å². The van der Waals surface area contributed by atoms with E-state index in [2.05, 4.69) is 15.3 Å². The zero-order chi connectivity index (χ0) is 20.8. The third-order valence-electron chi connectivity index (χ3n) is 4.68. The van der Waals surface area contributed by atoms with Gasteiger partial charge in [-0.2, -0.15) is 0 Å². The summed E-state index contributed by atoms with van der Waals surface area (Å²) in [6, 6.07) is 10.7. The van der Waals surface area contributed by atoms with Gasteiger partial charge in [-0.1, -0.05) is 32.9 Å². The van der Waals surface area contributed by atoms with Crippen LogP contribution in [-0.2, 0) is 16.8 Å². The molecule has 1 N–H and O–H groups in total. The Hall–Kier alpha value is -3.48. The van der Waals surface area contributed by atoms with Gasteiger partial charge in [-0.05, 0) is 36.8 Å². The molecule has 7 heteroatoms. The van der Waals surface area contributed by atoms with Gasteiger partial charge in [-0.25, -0.2) is 9.97 Å². The van der Waals surface area contributed by atoms with Crippen molar-refractivity contribution in [1.29, 1.82) is 0 Å². The normalized spacial score (nSPS) is 11.9. The van der Waals surface area contributed by atoms with Crippen molar-refractivity contribution in [2.75, 3.05) is 5.32 Å². The second kappa shape index (κ2) is 6.84. The van der Waals surface area contributed by atoms with E-state index < -0.39 is 0 Å². The van der Waals surface area contributed by atoms with Crippen LogP contribution in [0.3, 0.4) is 0 Å². The summed E-state index contributed by atoms with van der Waals surface area (Å²) in [5, 5.41) is 3.31. The first-order chi connectivity index (χ1) is 13.7. The maximum absolute atomic E-state index is 12.7. The number of nitrogens with one attached hydrogen (secondary N) is 1. The molecule has 0 atom stereocenters. The highest BCUT2D eigenvalue weighted by Gasteiger charge is 2.21. The molecule has 0 bridgehead atoms. The molecule has 2 aromatic carbocycles. The minimum absolute atomic E-state index is 0.125. The number of amides is 1. The number of rotatable bonds is 3. The first kappa shape index (κ1) is 18.9. The quantitative estimate of drug-likeness (QED) is 0.575. The number of benzene rings is 2. The van der Waals surface area contributed by atoms with Crippen LogP contribution in [-0.4, -0.2) is 20.4 Å². The fourth-order valence-electron chi connectivity index (χ4n) is 3.13. The van der Waals surface area contributed by atoms with Gasteiger partial charge in [0.2, 0.25) is 11.8 Å². The fraction of sp³-hybridized carbons (Fsp3) is 0.273. The lowest BCUT2D eigenvalue weighted by Gasteiger charge is -2.11. The zero-order valence-electron chi connectivity index (χ0n) is 16.8. The Labute approximate surface area is 167 Å². The number of carbonyl (C=O) groups is 1. The molecule has 0 aliphatic rings. The number of carbonyl (C=O) groups excluding carboxylic acids is 1. The molecule has 0 unspecified atom stereocenters. The second-order valence-electron chi connectivity index (χ2n) is 8.15. The van der Waals surface area contributed by atoms with Crippen molar-refractivity contribution in [2.45, 2.75) is 39.7 Å². The summed E-state index contributed by atoms with van der Waals surface area (Å²) in [7, 11) is 0. The number of oxazole rings is 1. The molecule has 4 rings (SSSR count). The largest absolute Gasteiger partial charge is 0.440 e. The molecule has 29 heavy (non-hydrogen) atoms. The summed E-state index contributed by atoms with van der Waals surface area (Å²) in [6.45, 7) is 7.85. The lowest BCUT2D eigenvalue weighted by molar-refractivity contribution is -0.116. The average molecular weight is 390 g/mol. The maximum atomic E-state index is 12.7. The van der Waals surface area contributed by atoms with Crippen LogP contribution in [0.2, 0.25) is 0 Å². The topological polar surface area (TPSA) is 90.0 Å². The number of fused-ring (bicyclic) bond motifs is 2. The summed E-state index contributed by atoms with van der Waals surface area (Å²) in [5.74, 6) is 0.319. The lowest BCUT2D eigenvalue weighted by atomic mass is 9.97. The Kier molecular flexibility index (Phi) is 4.45. The summed E-state index contributed by atoms with van der Waals surface area (Å²) >= 11 is 0. The average Bonchev–Trinajstić information content (AvgIpc) is 3.08. The molecular weight excluding hydrogens is 368 g/mol. The van der Waals surface area contributed by atoms with Crippen LogP contribution >= 0.6 is 0 Å². The van der Waals surface area contributed by atoms with Gasteiger partial charge < -0.3 is 9.73 Å². The van der Waals surface area contributed by atoms with Gasteiger partial charge in [-0.3, -0.25) is 14.2 Å². The predicted molar refractivity (Wildman–Crippen MR) is 112 cm³/mol. The van der Waals surface area contributed by atoms with Crippen molar-refractivity contribution in [2.24, 2.45) is 0 Å². The summed E-state index contributed by atoms with van der Waals surface area (Å²) in [6.07, 6.45) is 1.41. The zero-order valence-corrected chi connectivity index (χ0v) is 16.8. The van der Waals surface area contributed by atoms with Gasteiger partial charge >= 0.3 is 0 Å². The number of aromatic nitrogens is 3. The molecule has 0 radical (unpaired) electrons. The van der Waals surface area contributed by atoms with Crippen LogP contribution in [0.1, 0.15) is 32.2 Å². The van der Waals surface area contributed by atoms with Crippen molar-refractivity contribution in [3.05, 3.63) is 64.5 Å². The monoisotopic (exact) mass is 390 g/mol. The van der Waals surface area contributed by atoms with E-state index in [1.54, 1.807) is 24.3 Å². The minimum atomic E-state index is -0.320. The molecule has 0 aliphatic heterocycles. The lowest BCUT2D eigenvalue weighted by Crippen LogP contribution is -2.28. The molecule has 0 saturated heterocycles. The molecule has 7 nitrogen and oxygen atoms in total. The summed E-state index contributed by atoms with van der Waals surface area (Å²) in [5.41, 5.74) is 3.06. The van der Waals surface area contributed by atoms with E-state index >= 15 is 0 Å². The Bertz CT molecular complexity index is 1300. The highest BCUT2D eigenvalue weighted by atomic mass is 16.3. The van der Waals surface area contributed by atoms with E-state index in [9.17, 15) is 9.59 Å². The highest BCUT2D eigenvalue weighted by molar-refractivity contribution is 5.93. The van der Waals surface area contributed by atoms with Gasteiger partial charge in [0.25, 0.3) is 5.56 Å². The van der Waals surface area contributed by atoms with Crippen LogP contribution in [0.4, 0.5) is 5.69 Å². The van der Waals surface area contributed by atoms with Gasteiger partial charge in [0, 0.05) is 11.1 Å². The van der Waals surface area contributed by atoms with Crippen LogP contribution in [0, 0.1) is 6.92 Å². The van der Waals surface area contributed by atoms with E-state index in [1.165, 1.54) is 10.9 Å². The van der Waals surface area contributed by atoms with Crippen LogP contribution in [0.5, 0.6) is 0 Å². The van der Waals surface area contributed by atoms with Gasteiger partial charge in [0.1, 0.15) is 12.1 Å². The molecule has 148 valence electrons. The Morgan fingerprint density at radius 2 is 2.00 bits per heavy atom. The third kappa shape index (κ3) is 3.63. The van der Waals surface area contributed by atoms with Crippen molar-refractivity contribution >= 4 is 33.6 Å². The van der Waals surface area contributed by atoms with Crippen LogP contribution in [0.25, 0.3) is 22.0 Å². The number of anilines is 1. The third-order valence-corrected chi connectivity index (χ3v) is 4.68. The van der Waals surface area contributed by atoms with Crippen LogP contribution in [0.15, 0.2) is 51.9 Å². The van der Waals surface area contributed by atoms with Crippen molar-refractivity contribution in [3.8, 4) is 0 Å². The number of hydrogen-bond acceptors (Lipinski definition) is 5. The Morgan fingerprint density at radius 3 is 2.76 bits per heavy atom. The standard InChI is InChI=1S/C22H22N4O3/c1-13-6-5-7-15-19(13)23-12-26(20(15)28)11-18(27)24-14-8-9-17-16(10-14)25-21(29-17)22(2,3)4/h5-10,12H,11H2,1-4H3,(H,24,27). The Balaban J connectivity index is 1.56. The van der Waals surface area contributed by atoms with Gasteiger partial charge in [0.15, 0.2) is 5.58 Å². The fourth-order valence-corrected chi connectivity index (χ4v) is 3.13. The van der Waals surface area contributed by atoms with Crippen molar-refractivity contribution in [1.82, 2.24) is 14.5 Å². The number of nitrogens with zero attached hydrogens (tertiary/aromatic N) is 3. The maximum Gasteiger partial charge on any atom is 0.261 e. The van der Waals surface area contributed by atoms with E-state index in [1.807, 2.05) is 39.8 Å². The minimum Gasteiger partial charge on any atom is -0.440 e. The van der Waals surface area contributed by atoms with Crippen molar-refractivity contribution in [3.63, 3.8) is 0 Å². The number of para-hydroxylation sites is 1. The first-order valence-corrected chi connectivity index (χ1v) is 9.38. The second-order valence-corrected chi connectivity index (χ2v) is 8.15. The molecule has 4 aromatic rings. The first-order valence-electron chi connectivity index (χ1n) is 9.38.